The molecule has 1 aliphatic rings. The van der Waals surface area contributed by atoms with Crippen LogP contribution in [0.1, 0.15) is 5.56 Å². The van der Waals surface area contributed by atoms with E-state index >= 15 is 0 Å². The molecule has 3 heteroatoms. The molecule has 1 aliphatic heterocycles. The molecule has 0 fully saturated rings. The van der Waals surface area contributed by atoms with Crippen molar-refractivity contribution >= 4 is 17.4 Å². The van der Waals surface area contributed by atoms with Crippen molar-refractivity contribution in [3.05, 3.63) is 23.8 Å². The number of hydrogen-bond donors (Lipinski definition) is 1. The van der Waals surface area contributed by atoms with Crippen molar-refractivity contribution in [2.45, 2.75) is 11.4 Å². The Bertz CT molecular complexity index is 312. The van der Waals surface area contributed by atoms with Gasteiger partial charge < -0.3 is 10.6 Å². The van der Waals surface area contributed by atoms with E-state index in [-0.39, 0.29) is 0 Å². The van der Waals surface area contributed by atoms with E-state index in [0.717, 1.165) is 18.8 Å². The summed E-state index contributed by atoms with van der Waals surface area (Å²) in [5.74, 6) is 1.17. The number of nitrogens with zero attached hydrogens (tertiary/aromatic N) is 1. The molecule has 13 heavy (non-hydrogen) atoms. The van der Waals surface area contributed by atoms with Gasteiger partial charge >= 0.3 is 0 Å². The average Bonchev–Trinajstić information content (AvgIpc) is 2.25. The first-order valence-electron chi connectivity index (χ1n) is 4.45. The largest absolute Gasteiger partial charge is 0.399 e. The fourth-order valence-electron chi connectivity index (χ4n) is 1.55. The van der Waals surface area contributed by atoms with Gasteiger partial charge in [-0.25, -0.2) is 0 Å². The van der Waals surface area contributed by atoms with Crippen LogP contribution in [0.2, 0.25) is 0 Å². The molecule has 0 atom stereocenters. The van der Waals surface area contributed by atoms with E-state index in [2.05, 4.69) is 24.1 Å². The highest BCUT2D eigenvalue weighted by Gasteiger charge is 2.11. The highest BCUT2D eigenvalue weighted by molar-refractivity contribution is 7.99. The summed E-state index contributed by atoms with van der Waals surface area (Å²) in [4.78, 5) is 3.72. The van der Waals surface area contributed by atoms with Crippen molar-refractivity contribution in [2.75, 3.05) is 25.1 Å². The molecule has 1 heterocycles. The fourth-order valence-corrected chi connectivity index (χ4v) is 2.64. The molecule has 2 nitrogen and oxygen atoms in total. The summed E-state index contributed by atoms with van der Waals surface area (Å²) < 4.78 is 0. The Morgan fingerprint density at radius 3 is 3.15 bits per heavy atom. The molecule has 0 saturated heterocycles. The van der Waals surface area contributed by atoms with Crippen molar-refractivity contribution in [3.8, 4) is 0 Å². The first kappa shape index (κ1) is 8.91. The maximum atomic E-state index is 5.75. The molecule has 0 aliphatic carbocycles. The number of nitrogens with two attached hydrogens (primary N) is 1. The predicted octanol–water partition coefficient (Wildman–Crippen LogP) is 1.81. The van der Waals surface area contributed by atoms with Crippen molar-refractivity contribution in [1.29, 1.82) is 0 Å². The zero-order chi connectivity index (χ0) is 9.26. The van der Waals surface area contributed by atoms with E-state index in [1.807, 2.05) is 17.8 Å². The average molecular weight is 194 g/mol. The van der Waals surface area contributed by atoms with Gasteiger partial charge in [-0.15, -0.1) is 11.8 Å². The van der Waals surface area contributed by atoms with Crippen LogP contribution >= 0.6 is 11.8 Å². The Morgan fingerprint density at radius 2 is 2.31 bits per heavy atom. The van der Waals surface area contributed by atoms with Gasteiger partial charge in [-0.3, -0.25) is 0 Å². The Labute approximate surface area is 83.1 Å². The van der Waals surface area contributed by atoms with Gasteiger partial charge in [0.25, 0.3) is 0 Å². The second kappa shape index (κ2) is 3.60. The van der Waals surface area contributed by atoms with Crippen molar-refractivity contribution in [2.24, 2.45) is 0 Å². The minimum atomic E-state index is 0.870. The number of fused-ring (bicyclic) bond motifs is 1. The van der Waals surface area contributed by atoms with Crippen LogP contribution in [0.15, 0.2) is 23.1 Å². The zero-order valence-electron chi connectivity index (χ0n) is 7.79. The lowest BCUT2D eigenvalue weighted by molar-refractivity contribution is 0.349. The molecular weight excluding hydrogens is 180 g/mol. The van der Waals surface area contributed by atoms with Crippen LogP contribution < -0.4 is 5.73 Å². The van der Waals surface area contributed by atoms with E-state index in [1.165, 1.54) is 16.2 Å². The van der Waals surface area contributed by atoms with Crippen LogP contribution in [0, 0.1) is 0 Å². The number of rotatable bonds is 0. The van der Waals surface area contributed by atoms with Gasteiger partial charge in [-0.2, -0.15) is 0 Å². The smallest absolute Gasteiger partial charge is 0.0318 e. The van der Waals surface area contributed by atoms with Gasteiger partial charge in [0.05, 0.1) is 0 Å². The molecule has 70 valence electrons. The SMILES string of the molecule is CN1CCSc2ccc(N)cc2C1. The second-order valence-corrected chi connectivity index (χ2v) is 4.59. The number of hydrogen-bond acceptors (Lipinski definition) is 3. The number of nitrogen functional groups attached to an aromatic ring is 1. The normalized spacial score (nSPS) is 17.9. The van der Waals surface area contributed by atoms with Gasteiger partial charge in [0.15, 0.2) is 0 Å². The maximum absolute atomic E-state index is 5.75. The summed E-state index contributed by atoms with van der Waals surface area (Å²) in [6.45, 7) is 2.17. The number of anilines is 1. The van der Waals surface area contributed by atoms with Gasteiger partial charge in [-0.05, 0) is 30.8 Å². The molecule has 0 amide bonds. The van der Waals surface area contributed by atoms with E-state index in [4.69, 9.17) is 5.73 Å². The first-order chi connectivity index (χ1) is 6.25. The van der Waals surface area contributed by atoms with Crippen molar-refractivity contribution < 1.29 is 0 Å². The van der Waals surface area contributed by atoms with Crippen LogP contribution in [0.5, 0.6) is 0 Å². The molecule has 1 aromatic carbocycles. The summed E-state index contributed by atoms with van der Waals surface area (Å²) in [6, 6.07) is 6.20. The molecule has 0 spiro atoms. The lowest BCUT2D eigenvalue weighted by atomic mass is 10.2. The zero-order valence-corrected chi connectivity index (χ0v) is 8.60. The number of benzene rings is 1. The Morgan fingerprint density at radius 1 is 1.46 bits per heavy atom. The fraction of sp³-hybridized carbons (Fsp3) is 0.400. The molecule has 0 bridgehead atoms. The third-order valence-corrected chi connectivity index (χ3v) is 3.35. The lowest BCUT2D eigenvalue weighted by Gasteiger charge is -2.12. The quantitative estimate of drug-likeness (QED) is 0.639. The van der Waals surface area contributed by atoms with Gasteiger partial charge in [0.2, 0.25) is 0 Å². The second-order valence-electron chi connectivity index (χ2n) is 3.45. The van der Waals surface area contributed by atoms with Gasteiger partial charge in [-0.1, -0.05) is 0 Å². The summed E-state index contributed by atoms with van der Waals surface area (Å²) in [6.07, 6.45) is 0. The first-order valence-corrected chi connectivity index (χ1v) is 5.44. The monoisotopic (exact) mass is 194 g/mol. The van der Waals surface area contributed by atoms with Crippen LogP contribution in [0.3, 0.4) is 0 Å². The van der Waals surface area contributed by atoms with E-state index < -0.39 is 0 Å². The highest BCUT2D eigenvalue weighted by atomic mass is 32.2. The third-order valence-electron chi connectivity index (χ3n) is 2.26. The van der Waals surface area contributed by atoms with E-state index in [1.54, 1.807) is 0 Å². The van der Waals surface area contributed by atoms with Crippen LogP contribution in [0.4, 0.5) is 5.69 Å². The molecule has 0 unspecified atom stereocenters. The van der Waals surface area contributed by atoms with Gasteiger partial charge in [0, 0.05) is 29.4 Å². The maximum Gasteiger partial charge on any atom is 0.0318 e. The molecule has 2 rings (SSSR count). The molecule has 1 aromatic rings. The highest BCUT2D eigenvalue weighted by Crippen LogP contribution is 2.28. The van der Waals surface area contributed by atoms with Crippen LogP contribution in [-0.2, 0) is 6.54 Å². The van der Waals surface area contributed by atoms with Gasteiger partial charge in [0.1, 0.15) is 0 Å². The predicted molar refractivity (Wildman–Crippen MR) is 57.9 cm³/mol. The Hall–Kier alpha value is -0.670. The Kier molecular flexibility index (Phi) is 2.47. The van der Waals surface area contributed by atoms with E-state index in [0.29, 0.717) is 0 Å². The lowest BCUT2D eigenvalue weighted by Crippen LogP contribution is -2.18. The standard InChI is InChI=1S/C10H14N2S/c1-12-4-5-13-10-3-2-9(11)6-8(10)7-12/h2-3,6H,4-5,7,11H2,1H3. The summed E-state index contributed by atoms with van der Waals surface area (Å²) in [7, 11) is 2.15. The number of thioether (sulfide) groups is 1. The summed E-state index contributed by atoms with van der Waals surface area (Å²) in [5.41, 5.74) is 7.99. The molecule has 0 aromatic heterocycles. The molecular formula is C10H14N2S. The minimum Gasteiger partial charge on any atom is -0.399 e. The Balaban J connectivity index is 2.35. The summed E-state index contributed by atoms with van der Waals surface area (Å²) in [5, 5.41) is 0. The van der Waals surface area contributed by atoms with Crippen molar-refractivity contribution in [1.82, 2.24) is 4.90 Å². The molecule has 2 N–H and O–H groups in total. The van der Waals surface area contributed by atoms with Crippen molar-refractivity contribution in [3.63, 3.8) is 0 Å². The third kappa shape index (κ3) is 1.98. The molecule has 0 saturated carbocycles. The minimum absolute atomic E-state index is 0.870. The summed E-state index contributed by atoms with van der Waals surface area (Å²) >= 11 is 1.92. The van der Waals surface area contributed by atoms with Crippen LogP contribution in [-0.4, -0.2) is 24.2 Å². The molecule has 0 radical (unpaired) electrons. The topological polar surface area (TPSA) is 29.3 Å². The van der Waals surface area contributed by atoms with Crippen LogP contribution in [0.25, 0.3) is 0 Å². The van der Waals surface area contributed by atoms with E-state index in [9.17, 15) is 0 Å².